The van der Waals surface area contributed by atoms with E-state index in [2.05, 4.69) is 10.2 Å². The van der Waals surface area contributed by atoms with Crippen molar-refractivity contribution in [3.8, 4) is 11.5 Å². The fraction of sp³-hybridized carbons (Fsp3) is 0.500. The number of nitrogens with zero attached hydrogens (tertiary/aromatic N) is 2. The largest absolute Gasteiger partial charge is 0.507 e. The summed E-state index contributed by atoms with van der Waals surface area (Å²) in [7, 11) is 0. The first kappa shape index (κ1) is 24.5. The highest BCUT2D eigenvalue weighted by Crippen LogP contribution is 2.33. The molecule has 2 aromatic rings. The maximum atomic E-state index is 11.6. The van der Waals surface area contributed by atoms with E-state index in [0.717, 1.165) is 27.3 Å². The molecule has 164 valence electrons. The van der Waals surface area contributed by atoms with E-state index in [1.807, 2.05) is 6.92 Å². The number of phenols is 1. The summed E-state index contributed by atoms with van der Waals surface area (Å²) < 4.78 is 12.3. The van der Waals surface area contributed by atoms with Gasteiger partial charge in [-0.15, -0.1) is 10.2 Å². The lowest BCUT2D eigenvalue weighted by atomic mass is 10.0. The van der Waals surface area contributed by atoms with Gasteiger partial charge in [-0.25, -0.2) is 0 Å². The van der Waals surface area contributed by atoms with Crippen molar-refractivity contribution in [2.45, 2.75) is 48.7 Å². The number of phenolic OH excluding ortho intramolecular Hbond substituents is 1. The second-order valence-corrected chi connectivity index (χ2v) is 9.76. The van der Waals surface area contributed by atoms with E-state index in [-0.39, 0.29) is 23.3 Å². The molecular formula is C20H26N2O5S3. The van der Waals surface area contributed by atoms with E-state index in [1.54, 1.807) is 30.8 Å². The van der Waals surface area contributed by atoms with Gasteiger partial charge in [-0.05, 0) is 38.8 Å². The van der Waals surface area contributed by atoms with Crippen molar-refractivity contribution >= 4 is 46.6 Å². The molecule has 0 saturated heterocycles. The van der Waals surface area contributed by atoms with Gasteiger partial charge in [-0.1, -0.05) is 48.2 Å². The Balaban J connectivity index is 1.78. The lowest BCUT2D eigenvalue weighted by Crippen LogP contribution is -2.06. The molecule has 0 spiro atoms. The first-order valence-corrected chi connectivity index (χ1v) is 12.5. The van der Waals surface area contributed by atoms with Crippen LogP contribution in [-0.2, 0) is 16.0 Å². The summed E-state index contributed by atoms with van der Waals surface area (Å²) in [5.74, 6) is 1.27. The second-order valence-electron chi connectivity index (χ2n) is 6.22. The molecule has 0 radical (unpaired) electrons. The number of benzene rings is 1. The molecule has 0 unspecified atom stereocenters. The maximum Gasteiger partial charge on any atom is 0.316 e. The number of rotatable bonds is 13. The van der Waals surface area contributed by atoms with Crippen LogP contribution in [0.2, 0.25) is 0 Å². The van der Waals surface area contributed by atoms with Crippen molar-refractivity contribution in [2.75, 3.05) is 24.7 Å². The van der Waals surface area contributed by atoms with Crippen LogP contribution >= 0.6 is 34.9 Å². The Morgan fingerprint density at radius 2 is 1.90 bits per heavy atom. The van der Waals surface area contributed by atoms with Crippen molar-refractivity contribution in [3.05, 3.63) is 23.3 Å². The standard InChI is InChI=1S/C20H26N2O5S3/c1-4-7-15-16(9-8-14(13(3)23)18(15)25)27-10-6-11-28-19-21-22-20(30-19)29-12-17(24)26-5-2/h8-9,25H,4-7,10-12H2,1-3H3. The molecule has 0 aliphatic rings. The molecule has 0 aliphatic heterocycles. The summed E-state index contributed by atoms with van der Waals surface area (Å²) in [6.45, 7) is 6.10. The van der Waals surface area contributed by atoms with Crippen LogP contribution in [0.4, 0.5) is 0 Å². The highest BCUT2D eigenvalue weighted by atomic mass is 32.2. The van der Waals surface area contributed by atoms with E-state index in [4.69, 9.17) is 9.47 Å². The molecule has 1 heterocycles. The number of aromatic hydroxyl groups is 1. The monoisotopic (exact) mass is 470 g/mol. The van der Waals surface area contributed by atoms with Gasteiger partial charge in [0.15, 0.2) is 14.5 Å². The van der Waals surface area contributed by atoms with Gasteiger partial charge in [0.25, 0.3) is 0 Å². The second kappa shape index (κ2) is 12.8. The minimum atomic E-state index is -0.256. The predicted octanol–water partition coefficient (Wildman–Crippen LogP) is 4.62. The van der Waals surface area contributed by atoms with Gasteiger partial charge < -0.3 is 14.6 Å². The van der Waals surface area contributed by atoms with Crippen LogP contribution in [0.25, 0.3) is 0 Å². The number of carbonyl (C=O) groups is 2. The highest BCUT2D eigenvalue weighted by Gasteiger charge is 2.16. The van der Waals surface area contributed by atoms with E-state index in [9.17, 15) is 14.7 Å². The Labute approximate surface area is 189 Å². The lowest BCUT2D eigenvalue weighted by Gasteiger charge is -2.14. The van der Waals surface area contributed by atoms with E-state index in [1.165, 1.54) is 30.0 Å². The third-order valence-electron chi connectivity index (χ3n) is 3.90. The van der Waals surface area contributed by atoms with E-state index >= 15 is 0 Å². The van der Waals surface area contributed by atoms with Gasteiger partial charge in [0.05, 0.1) is 24.5 Å². The van der Waals surface area contributed by atoms with Crippen LogP contribution in [0.5, 0.6) is 11.5 Å². The van der Waals surface area contributed by atoms with E-state index < -0.39 is 0 Å². The van der Waals surface area contributed by atoms with Crippen molar-refractivity contribution in [1.29, 1.82) is 0 Å². The number of thioether (sulfide) groups is 2. The number of ketones is 1. The van der Waals surface area contributed by atoms with Gasteiger partial charge >= 0.3 is 5.97 Å². The molecular weight excluding hydrogens is 444 g/mol. The maximum absolute atomic E-state index is 11.6. The molecule has 0 amide bonds. The quantitative estimate of drug-likeness (QED) is 0.195. The Kier molecular flexibility index (Phi) is 10.5. The molecule has 1 aromatic heterocycles. The van der Waals surface area contributed by atoms with E-state index in [0.29, 0.717) is 36.5 Å². The number of hydrogen-bond donors (Lipinski definition) is 1. The summed E-state index contributed by atoms with van der Waals surface area (Å²) in [5.41, 5.74) is 1.01. The SMILES string of the molecule is CCCc1c(OCCCSc2nnc(SCC(=O)OCC)s2)ccc(C(C)=O)c1O. The Hall–Kier alpha value is -1.78. The number of ether oxygens (including phenoxy) is 2. The average Bonchev–Trinajstić information content (AvgIpc) is 3.16. The minimum absolute atomic E-state index is 0.0259. The third-order valence-corrected chi connectivity index (χ3v) is 7.15. The van der Waals surface area contributed by atoms with Crippen molar-refractivity contribution in [2.24, 2.45) is 0 Å². The number of aromatic nitrogens is 2. The van der Waals surface area contributed by atoms with Crippen molar-refractivity contribution in [3.63, 3.8) is 0 Å². The fourth-order valence-corrected chi connectivity index (χ4v) is 5.37. The molecule has 0 saturated carbocycles. The number of esters is 1. The average molecular weight is 471 g/mol. The topological polar surface area (TPSA) is 98.6 Å². The first-order chi connectivity index (χ1) is 14.5. The molecule has 7 nitrogen and oxygen atoms in total. The van der Waals surface area contributed by atoms with Crippen molar-refractivity contribution in [1.82, 2.24) is 10.2 Å². The molecule has 1 aromatic carbocycles. The summed E-state index contributed by atoms with van der Waals surface area (Å²) in [6.07, 6.45) is 2.28. The van der Waals surface area contributed by atoms with Crippen LogP contribution in [0.15, 0.2) is 20.8 Å². The van der Waals surface area contributed by atoms with Gasteiger partial charge in [0.2, 0.25) is 0 Å². The number of Topliss-reactive ketones (excluding diaryl/α,β-unsaturated/α-hetero) is 1. The predicted molar refractivity (Wildman–Crippen MR) is 120 cm³/mol. The van der Waals surface area contributed by atoms with Gasteiger partial charge in [0, 0.05) is 11.3 Å². The van der Waals surface area contributed by atoms with Gasteiger partial charge in [-0.2, -0.15) is 0 Å². The van der Waals surface area contributed by atoms with Gasteiger partial charge in [-0.3, -0.25) is 9.59 Å². The summed E-state index contributed by atoms with van der Waals surface area (Å²) in [5, 5.41) is 18.6. The Morgan fingerprint density at radius 1 is 1.17 bits per heavy atom. The zero-order chi connectivity index (χ0) is 21.9. The Bertz CT molecular complexity index is 857. The third kappa shape index (κ3) is 7.48. The van der Waals surface area contributed by atoms with Crippen molar-refractivity contribution < 1.29 is 24.2 Å². The molecule has 2 rings (SSSR count). The summed E-state index contributed by atoms with van der Waals surface area (Å²) >= 11 is 4.36. The lowest BCUT2D eigenvalue weighted by molar-refractivity contribution is -0.139. The molecule has 0 fully saturated rings. The number of hydrogen-bond acceptors (Lipinski definition) is 10. The molecule has 0 atom stereocenters. The summed E-state index contributed by atoms with van der Waals surface area (Å²) in [4.78, 5) is 23.0. The zero-order valence-corrected chi connectivity index (χ0v) is 19.8. The molecule has 0 aliphatic carbocycles. The minimum Gasteiger partial charge on any atom is -0.507 e. The fourth-order valence-electron chi connectivity index (χ4n) is 2.57. The molecule has 1 N–H and O–H groups in total. The van der Waals surface area contributed by atoms with Crippen LogP contribution in [0, 0.1) is 0 Å². The highest BCUT2D eigenvalue weighted by molar-refractivity contribution is 8.03. The molecule has 10 heteroatoms. The molecule has 0 bridgehead atoms. The van der Waals surface area contributed by atoms with Gasteiger partial charge in [0.1, 0.15) is 11.5 Å². The Morgan fingerprint density at radius 3 is 2.57 bits per heavy atom. The molecule has 30 heavy (non-hydrogen) atoms. The number of carbonyl (C=O) groups excluding carboxylic acids is 2. The van der Waals surface area contributed by atoms with Crippen LogP contribution in [-0.4, -0.2) is 51.8 Å². The summed E-state index contributed by atoms with van der Waals surface area (Å²) in [6, 6.07) is 3.37. The van der Waals surface area contributed by atoms with Crippen LogP contribution in [0.3, 0.4) is 0 Å². The smallest absolute Gasteiger partial charge is 0.316 e. The first-order valence-electron chi connectivity index (χ1n) is 9.69. The normalized spacial score (nSPS) is 10.8. The van der Waals surface area contributed by atoms with Crippen LogP contribution < -0.4 is 4.74 Å². The zero-order valence-electron chi connectivity index (χ0n) is 17.3. The van der Waals surface area contributed by atoms with Crippen LogP contribution in [0.1, 0.15) is 49.5 Å².